The van der Waals surface area contributed by atoms with E-state index >= 15 is 0 Å². The Morgan fingerprint density at radius 3 is 2.73 bits per heavy atom. The number of carbonyl (C=O) groups excluding carboxylic acids is 1. The van der Waals surface area contributed by atoms with Crippen molar-refractivity contribution in [1.82, 2.24) is 24.9 Å². The molecule has 138 valence electrons. The van der Waals surface area contributed by atoms with Crippen molar-refractivity contribution in [3.05, 3.63) is 45.1 Å². The maximum atomic E-state index is 12.5. The molecule has 0 saturated carbocycles. The predicted octanol–water partition coefficient (Wildman–Crippen LogP) is 1.52. The van der Waals surface area contributed by atoms with E-state index in [-0.39, 0.29) is 22.8 Å². The number of likely N-dealkylation sites (tertiary alicyclic amines) is 1. The van der Waals surface area contributed by atoms with Crippen molar-refractivity contribution in [2.24, 2.45) is 5.92 Å². The van der Waals surface area contributed by atoms with E-state index in [4.69, 9.17) is 0 Å². The molecule has 2 aliphatic rings. The van der Waals surface area contributed by atoms with Crippen LogP contribution in [0.25, 0.3) is 0 Å². The van der Waals surface area contributed by atoms with Crippen LogP contribution in [0.3, 0.4) is 0 Å². The Morgan fingerprint density at radius 1 is 1.27 bits per heavy atom. The number of H-pyrrole nitrogens is 1. The highest BCUT2D eigenvalue weighted by Crippen LogP contribution is 2.24. The van der Waals surface area contributed by atoms with Gasteiger partial charge in [-0.1, -0.05) is 20.8 Å². The molecule has 0 bridgehead atoms. The third kappa shape index (κ3) is 3.06. The number of rotatable bonds is 3. The first-order chi connectivity index (χ1) is 12.3. The Labute approximate surface area is 152 Å². The molecule has 2 aromatic rings. The Bertz CT molecular complexity index is 899. The summed E-state index contributed by atoms with van der Waals surface area (Å²) in [5.41, 5.74) is 3.47. The van der Waals surface area contributed by atoms with E-state index in [0.717, 1.165) is 36.2 Å². The zero-order chi connectivity index (χ0) is 18.5. The standard InChI is InChI=1S/C19H25N5O2/c1-19(2,3)16-8-15(20-21-16)18(26)23-9-12(10-23)11-24-17(25)7-13-5-4-6-14(13)22-24/h7-8,12H,4-6,9-11H2,1-3H3,(H,20,21). The topological polar surface area (TPSA) is 83.9 Å². The SMILES string of the molecule is CC(C)(C)c1cc(C(=O)N2CC(Cn3nc4c(cc3=O)CCC4)C2)n[nH]1. The Hall–Kier alpha value is -2.44. The molecule has 0 spiro atoms. The summed E-state index contributed by atoms with van der Waals surface area (Å²) in [6.45, 7) is 8.09. The summed E-state index contributed by atoms with van der Waals surface area (Å²) >= 11 is 0. The van der Waals surface area contributed by atoms with Crippen molar-refractivity contribution in [3.63, 3.8) is 0 Å². The molecule has 2 aromatic heterocycles. The van der Waals surface area contributed by atoms with E-state index in [0.29, 0.717) is 25.3 Å². The molecule has 1 aliphatic carbocycles. The van der Waals surface area contributed by atoms with E-state index < -0.39 is 0 Å². The van der Waals surface area contributed by atoms with E-state index in [9.17, 15) is 9.59 Å². The number of carbonyl (C=O) groups is 1. The molecule has 0 unspecified atom stereocenters. The van der Waals surface area contributed by atoms with Crippen LogP contribution in [0.15, 0.2) is 16.9 Å². The maximum Gasteiger partial charge on any atom is 0.274 e. The van der Waals surface area contributed by atoms with Gasteiger partial charge in [-0.3, -0.25) is 14.7 Å². The van der Waals surface area contributed by atoms with Crippen molar-refractivity contribution in [1.29, 1.82) is 0 Å². The lowest BCUT2D eigenvalue weighted by molar-refractivity contribution is 0.0452. The fourth-order valence-electron chi connectivity index (χ4n) is 3.64. The normalized spacial score (nSPS) is 17.3. The predicted molar refractivity (Wildman–Crippen MR) is 97.2 cm³/mol. The minimum Gasteiger partial charge on any atom is -0.336 e. The zero-order valence-corrected chi connectivity index (χ0v) is 15.6. The van der Waals surface area contributed by atoms with Gasteiger partial charge in [0.1, 0.15) is 5.69 Å². The lowest BCUT2D eigenvalue weighted by Gasteiger charge is -2.38. The molecular weight excluding hydrogens is 330 g/mol. The summed E-state index contributed by atoms with van der Waals surface area (Å²) in [5, 5.41) is 11.6. The van der Waals surface area contributed by atoms with Crippen LogP contribution < -0.4 is 5.56 Å². The lowest BCUT2D eigenvalue weighted by atomic mass is 9.92. The molecule has 26 heavy (non-hydrogen) atoms. The molecule has 1 aliphatic heterocycles. The number of aromatic nitrogens is 4. The van der Waals surface area contributed by atoms with Gasteiger partial charge in [0.05, 0.1) is 12.2 Å². The molecule has 7 nitrogen and oxygen atoms in total. The molecule has 0 radical (unpaired) electrons. The molecule has 4 rings (SSSR count). The highest BCUT2D eigenvalue weighted by atomic mass is 16.2. The first-order valence-electron chi connectivity index (χ1n) is 9.26. The van der Waals surface area contributed by atoms with Gasteiger partial charge in [-0.2, -0.15) is 10.2 Å². The van der Waals surface area contributed by atoms with Gasteiger partial charge in [-0.15, -0.1) is 0 Å². The van der Waals surface area contributed by atoms with Crippen molar-refractivity contribution < 1.29 is 4.79 Å². The second-order valence-electron chi connectivity index (χ2n) is 8.48. The first kappa shape index (κ1) is 17.0. The second kappa shape index (κ2) is 6.07. The van der Waals surface area contributed by atoms with Crippen molar-refractivity contribution in [2.45, 2.75) is 52.0 Å². The van der Waals surface area contributed by atoms with E-state index in [2.05, 4.69) is 36.1 Å². The number of hydrogen-bond donors (Lipinski definition) is 1. The molecule has 1 fully saturated rings. The van der Waals surface area contributed by atoms with Crippen molar-refractivity contribution >= 4 is 5.91 Å². The third-order valence-corrected chi connectivity index (χ3v) is 5.30. The van der Waals surface area contributed by atoms with Crippen LogP contribution in [-0.2, 0) is 24.8 Å². The van der Waals surface area contributed by atoms with Gasteiger partial charge in [0, 0.05) is 36.2 Å². The first-order valence-corrected chi connectivity index (χ1v) is 9.26. The van der Waals surface area contributed by atoms with Crippen LogP contribution in [0.2, 0.25) is 0 Å². The molecule has 3 heterocycles. The van der Waals surface area contributed by atoms with Crippen LogP contribution in [0.4, 0.5) is 0 Å². The van der Waals surface area contributed by atoms with Crippen molar-refractivity contribution in [3.8, 4) is 0 Å². The van der Waals surface area contributed by atoms with Crippen LogP contribution in [0.1, 0.15) is 54.6 Å². The Kier molecular flexibility index (Phi) is 3.97. The highest BCUT2D eigenvalue weighted by Gasteiger charge is 2.33. The lowest BCUT2D eigenvalue weighted by Crippen LogP contribution is -2.52. The fraction of sp³-hybridized carbons (Fsp3) is 0.579. The minimum atomic E-state index is -0.0661. The van der Waals surface area contributed by atoms with E-state index in [1.54, 1.807) is 15.6 Å². The number of fused-ring (bicyclic) bond motifs is 1. The van der Waals surface area contributed by atoms with E-state index in [1.807, 2.05) is 6.07 Å². The largest absolute Gasteiger partial charge is 0.336 e. The Balaban J connectivity index is 1.38. The van der Waals surface area contributed by atoms with Crippen LogP contribution >= 0.6 is 0 Å². The average Bonchev–Trinajstić information content (AvgIpc) is 3.18. The maximum absolute atomic E-state index is 12.5. The smallest absolute Gasteiger partial charge is 0.274 e. The number of hydrogen-bond acceptors (Lipinski definition) is 4. The van der Waals surface area contributed by atoms with Gasteiger partial charge in [0.15, 0.2) is 0 Å². The molecule has 0 aromatic carbocycles. The molecule has 1 N–H and O–H groups in total. The van der Waals surface area contributed by atoms with Gasteiger partial charge >= 0.3 is 0 Å². The molecule has 1 amide bonds. The molecule has 7 heteroatoms. The summed E-state index contributed by atoms with van der Waals surface area (Å²) in [6, 6.07) is 3.57. The minimum absolute atomic E-state index is 0.0300. The summed E-state index contributed by atoms with van der Waals surface area (Å²) < 4.78 is 1.57. The number of nitrogens with one attached hydrogen (secondary N) is 1. The summed E-state index contributed by atoms with van der Waals surface area (Å²) in [5.74, 6) is 0.215. The quantitative estimate of drug-likeness (QED) is 0.905. The van der Waals surface area contributed by atoms with Gasteiger partial charge in [0.25, 0.3) is 11.5 Å². The summed E-state index contributed by atoms with van der Waals surface area (Å²) in [6.07, 6.45) is 3.00. The van der Waals surface area contributed by atoms with Crippen LogP contribution in [0.5, 0.6) is 0 Å². The highest BCUT2D eigenvalue weighted by molar-refractivity contribution is 5.93. The van der Waals surface area contributed by atoms with Gasteiger partial charge < -0.3 is 4.90 Å². The van der Waals surface area contributed by atoms with Gasteiger partial charge in [0.2, 0.25) is 0 Å². The monoisotopic (exact) mass is 355 g/mol. The molecule has 0 atom stereocenters. The third-order valence-electron chi connectivity index (χ3n) is 5.30. The zero-order valence-electron chi connectivity index (χ0n) is 15.6. The van der Waals surface area contributed by atoms with Crippen molar-refractivity contribution in [2.75, 3.05) is 13.1 Å². The molecule has 1 saturated heterocycles. The number of aryl methyl sites for hydroxylation is 2. The summed E-state index contributed by atoms with van der Waals surface area (Å²) in [7, 11) is 0. The molecular formula is C19H25N5O2. The number of nitrogens with zero attached hydrogens (tertiary/aromatic N) is 4. The van der Waals surface area contributed by atoms with Gasteiger partial charge in [-0.25, -0.2) is 4.68 Å². The number of aromatic amines is 1. The fourth-order valence-corrected chi connectivity index (χ4v) is 3.64. The Morgan fingerprint density at radius 2 is 2.04 bits per heavy atom. The average molecular weight is 355 g/mol. The second-order valence-corrected chi connectivity index (χ2v) is 8.48. The van der Waals surface area contributed by atoms with E-state index in [1.165, 1.54) is 0 Å². The summed E-state index contributed by atoms with van der Waals surface area (Å²) in [4.78, 5) is 26.5. The van der Waals surface area contributed by atoms with Gasteiger partial charge in [-0.05, 0) is 30.9 Å². The van der Waals surface area contributed by atoms with Crippen LogP contribution in [-0.4, -0.2) is 43.9 Å². The number of amides is 1. The van der Waals surface area contributed by atoms with Crippen LogP contribution in [0, 0.1) is 5.92 Å².